The molecule has 0 aromatic heterocycles. The Morgan fingerprint density at radius 2 is 0.798 bits per heavy atom. The number of aryl methyl sites for hydroxylation is 1. The smallest absolute Gasteiger partial charge is 0.296 e. The molecule has 0 aliphatic rings. The summed E-state index contributed by atoms with van der Waals surface area (Å²) in [7, 11) is -10.6. The Morgan fingerprint density at radius 3 is 1.25 bits per heavy atom. The number of phenols is 4. The van der Waals surface area contributed by atoms with Gasteiger partial charge in [-0.05, 0) is 102 Å². The third kappa shape index (κ3) is 20.4. The third-order valence-electron chi connectivity index (χ3n) is 14.1. The van der Waals surface area contributed by atoms with Crippen LogP contribution in [-0.4, -0.2) is 109 Å². The van der Waals surface area contributed by atoms with Gasteiger partial charge in [-0.1, -0.05) is 48.0 Å². The second kappa shape index (κ2) is 34.9. The standard InChI is InChI=1S/C32H30N8O11S2.C31H30N6O10S2.2Cu/c1-33-51-34-17-18-7-9-23-19(11-18)12-30(53(46,47)48)31(32(23)42)40-38-25-16-29(50-3)26(15-27(25)41)39-37-24-10-8-21(14-28(24)49-2)36-35-20-5-4-6-22(13-20)52(43,44)45;1-17-7-9-22-18(11-17)12-29(49(43,44)45)30(31(22)39)37-35-24-16-28(47-3)25(15-26(24)38)36-34-23-10-8-20(14-27(23)46-2)33-32-19-5-4-6-21(13-19)48(40,41)42;;/h4-16,33-34,41-42H,17H2,1-3H3,(H,43,44,45)(H,46,47,48);4-16,38-45H,1-3H3;;. The number of hydrogen-bond donors (Lipinski definition) is 14. The molecule has 0 saturated carbocycles. The first kappa shape index (κ1) is 81.2. The molecule has 0 aliphatic heterocycles. The first-order chi connectivity index (χ1) is 48.4. The summed E-state index contributed by atoms with van der Waals surface area (Å²) in [5.74, 6) is -1.26. The van der Waals surface area contributed by atoms with E-state index in [1.54, 1.807) is 55.6 Å². The Hall–Kier alpha value is -10.1. The van der Waals surface area contributed by atoms with Gasteiger partial charge in [-0.25, -0.2) is 4.94 Å². The van der Waals surface area contributed by atoms with Crippen molar-refractivity contribution in [1.29, 1.82) is 0 Å². The number of hydrogen-bond acceptors (Lipinski definition) is 33. The summed E-state index contributed by atoms with van der Waals surface area (Å²) < 4.78 is 147. The fourth-order valence-electron chi connectivity index (χ4n) is 9.21. The molecule has 10 aromatic carbocycles. The van der Waals surface area contributed by atoms with E-state index in [0.29, 0.717) is 27.7 Å². The number of nitrogens with zero attached hydrogens (tertiary/aromatic N) is 12. The Bertz CT molecular complexity index is 5290. The molecule has 2 radical (unpaired) electrons. The summed E-state index contributed by atoms with van der Waals surface area (Å²) >= 11 is 0. The summed E-state index contributed by atoms with van der Waals surface area (Å²) in [5, 5.41) is 93.2. The summed E-state index contributed by atoms with van der Waals surface area (Å²) in [5.41, 5.74) is 7.01. The number of phenolic OH excluding ortho intramolecular Hbond substituents is 4. The number of hydroxylamine groups is 2. The zero-order chi connectivity index (χ0) is 73.8. The van der Waals surface area contributed by atoms with Gasteiger partial charge in [0.2, 0.25) is 0 Å². The van der Waals surface area contributed by atoms with Crippen LogP contribution in [0.25, 0.3) is 21.5 Å². The van der Waals surface area contributed by atoms with Gasteiger partial charge >= 0.3 is 0 Å². The summed E-state index contributed by atoms with van der Waals surface area (Å²) in [6.45, 7) is 2.04. The molecular formula is C63H60Cu2N14O21S4. The predicted molar refractivity (Wildman–Crippen MR) is 373 cm³/mol. The Balaban J connectivity index is 0.000000286. The Morgan fingerprint density at radius 1 is 0.385 bits per heavy atom. The van der Waals surface area contributed by atoms with Crippen LogP contribution < -0.4 is 29.9 Å². The summed E-state index contributed by atoms with van der Waals surface area (Å²) in [6, 6.07) is 37.2. The summed E-state index contributed by atoms with van der Waals surface area (Å²) in [4.78, 5) is 3.24. The van der Waals surface area contributed by atoms with E-state index in [1.807, 2.05) is 6.92 Å². The molecule has 41 heteroatoms. The average Bonchev–Trinajstić information content (AvgIpc) is 0.771. The normalized spacial score (nSPS) is 12.5. The number of fused-ring (bicyclic) bond motifs is 2. The van der Waals surface area contributed by atoms with Crippen molar-refractivity contribution < 1.29 is 132 Å². The number of methoxy groups -OCH3 is 4. The van der Waals surface area contributed by atoms with Gasteiger partial charge in [-0.15, -0.1) is 40.9 Å². The third-order valence-corrected chi connectivity index (χ3v) is 17.6. The van der Waals surface area contributed by atoms with Crippen molar-refractivity contribution in [2.75, 3.05) is 35.5 Å². The number of rotatable bonds is 24. The summed E-state index contributed by atoms with van der Waals surface area (Å²) in [6.07, 6.45) is 0. The van der Waals surface area contributed by atoms with Crippen LogP contribution >= 0.6 is 21.7 Å². The molecule has 104 heavy (non-hydrogen) atoms. The Labute approximate surface area is 615 Å². The fourth-order valence-corrected chi connectivity index (χ4v) is 11.6. The van der Waals surface area contributed by atoms with Crippen molar-refractivity contribution in [2.24, 2.45) is 61.4 Å². The number of benzene rings is 10. The van der Waals surface area contributed by atoms with Crippen LogP contribution in [0.4, 0.5) is 68.2 Å². The van der Waals surface area contributed by atoms with Gasteiger partial charge in [0.1, 0.15) is 107 Å². The molecule has 0 fully saturated rings. The maximum Gasteiger partial charge on any atom is 0.296 e. The van der Waals surface area contributed by atoms with E-state index in [-0.39, 0.29) is 130 Å². The average molecular weight is 1600 g/mol. The monoisotopic (exact) mass is 1600 g/mol. The molecule has 10 rings (SSSR count). The Kier molecular flexibility index (Phi) is 27.3. The largest absolute Gasteiger partial charge is 0.506 e. The second-order valence-electron chi connectivity index (χ2n) is 21.0. The van der Waals surface area contributed by atoms with Crippen LogP contribution in [0, 0.1) is 6.92 Å². The molecule has 0 heterocycles. The van der Waals surface area contributed by atoms with Crippen molar-refractivity contribution in [3.63, 3.8) is 0 Å². The van der Waals surface area contributed by atoms with Gasteiger partial charge in [0.15, 0.2) is 11.5 Å². The SMILES string of the molecule is CNONCc1ccc2c(O)c(N=Nc3cc(OC)c(N=Nc4ccc(N=Nc5cccc(S(=O)(=O)O)c5)cc4OC)cc3O)c(S(=O)(=O)O)cc2c1.COc1cc(N=Nc2cccc(S(O)(O)O)c2)ccc1N=Nc1cc(O)c(N=Nc2c(S(O)(O)O)cc3cc(C)ccc3c2O)cc1OC.[Cu].[Cu]. The number of aromatic hydroxyl groups is 4. The van der Waals surface area contributed by atoms with E-state index in [4.69, 9.17) is 23.9 Å². The van der Waals surface area contributed by atoms with Crippen molar-refractivity contribution in [3.8, 4) is 46.0 Å². The molecule has 554 valence electrons. The number of azo groups is 6. The van der Waals surface area contributed by atoms with Gasteiger partial charge in [0.25, 0.3) is 20.2 Å². The van der Waals surface area contributed by atoms with Crippen molar-refractivity contribution in [1.82, 2.24) is 11.0 Å². The van der Waals surface area contributed by atoms with Crippen molar-refractivity contribution in [2.45, 2.75) is 33.1 Å². The predicted octanol–water partition coefficient (Wildman–Crippen LogP) is 18.1. The van der Waals surface area contributed by atoms with E-state index in [0.717, 1.165) is 23.8 Å². The second-order valence-corrected chi connectivity index (χ2v) is 26.8. The molecule has 0 amide bonds. The molecule has 0 unspecified atom stereocenters. The van der Waals surface area contributed by atoms with Crippen LogP contribution in [0.5, 0.6) is 46.0 Å². The van der Waals surface area contributed by atoms with E-state index in [2.05, 4.69) is 72.3 Å². The molecule has 0 spiro atoms. The van der Waals surface area contributed by atoms with Crippen LogP contribution in [0.15, 0.2) is 239 Å². The maximum atomic E-state index is 12.3. The van der Waals surface area contributed by atoms with Gasteiger partial charge < -0.3 is 66.7 Å². The van der Waals surface area contributed by atoms with Crippen molar-refractivity contribution >= 4 is 132 Å². The maximum absolute atomic E-state index is 12.3. The van der Waals surface area contributed by atoms with E-state index < -0.39 is 86.1 Å². The van der Waals surface area contributed by atoms with E-state index in [9.17, 15) is 73.7 Å². The minimum atomic E-state index is -4.91. The van der Waals surface area contributed by atoms with Gasteiger partial charge in [0.05, 0.1) is 65.9 Å². The molecule has 0 saturated heterocycles. The van der Waals surface area contributed by atoms with Gasteiger partial charge in [-0.3, -0.25) is 9.11 Å². The van der Waals surface area contributed by atoms with Crippen LogP contribution in [0.1, 0.15) is 11.1 Å². The number of nitrogens with one attached hydrogen (secondary N) is 2. The van der Waals surface area contributed by atoms with Gasteiger partial charge in [-0.2, -0.15) is 48.3 Å². The molecule has 14 N–H and O–H groups in total. The van der Waals surface area contributed by atoms with Gasteiger partial charge in [0, 0.05) is 94.9 Å². The topological polar surface area (TPSA) is 530 Å². The van der Waals surface area contributed by atoms with Crippen LogP contribution in [-0.2, 0) is 65.9 Å². The molecule has 10 aromatic rings. The minimum absolute atomic E-state index is 0. The first-order valence-corrected chi connectivity index (χ1v) is 34.7. The van der Waals surface area contributed by atoms with E-state index in [1.165, 1.54) is 119 Å². The van der Waals surface area contributed by atoms with Crippen molar-refractivity contribution in [3.05, 3.63) is 169 Å². The van der Waals surface area contributed by atoms with Crippen LogP contribution in [0.2, 0.25) is 0 Å². The minimum Gasteiger partial charge on any atom is -0.506 e. The first-order valence-electron chi connectivity index (χ1n) is 28.8. The zero-order valence-corrected chi connectivity index (χ0v) is 59.5. The van der Waals surface area contributed by atoms with E-state index >= 15 is 0 Å². The number of ether oxygens (including phenoxy) is 4. The molecule has 0 bridgehead atoms. The molecule has 0 atom stereocenters. The quantitative estimate of drug-likeness (QED) is 0.00878. The molecule has 35 nitrogen and oxygen atoms in total. The molecular weight excluding hydrogens is 1540 g/mol. The van der Waals surface area contributed by atoms with Crippen LogP contribution in [0.3, 0.4) is 0 Å². The fraction of sp³-hybridized carbons (Fsp3) is 0.111. The molecule has 0 aliphatic carbocycles. The zero-order valence-electron chi connectivity index (χ0n) is 54.4.